The second-order valence-electron chi connectivity index (χ2n) is 4.43. The molecule has 0 saturated heterocycles. The molecule has 0 saturated carbocycles. The normalized spacial score (nSPS) is 12.4. The molecule has 0 aliphatic carbocycles. The van der Waals surface area contributed by atoms with Crippen molar-refractivity contribution in [3.05, 3.63) is 69.9 Å². The molecule has 2 aromatic rings. The van der Waals surface area contributed by atoms with Crippen LogP contribution in [0.4, 0.5) is 4.39 Å². The minimum atomic E-state index is -0.141. The van der Waals surface area contributed by atoms with Gasteiger partial charge in [0.1, 0.15) is 5.82 Å². The van der Waals surface area contributed by atoms with Gasteiger partial charge in [0.25, 0.3) is 0 Å². The highest BCUT2D eigenvalue weighted by Crippen LogP contribution is 2.26. The predicted molar refractivity (Wildman–Crippen MR) is 80.7 cm³/mol. The third-order valence-electron chi connectivity index (χ3n) is 3.11. The average molecular weight is 322 g/mol. The van der Waals surface area contributed by atoms with Gasteiger partial charge in [0.05, 0.1) is 0 Å². The first-order chi connectivity index (χ1) is 9.22. The molecule has 1 N–H and O–H groups in total. The maximum Gasteiger partial charge on any atom is 0.126 e. The summed E-state index contributed by atoms with van der Waals surface area (Å²) < 4.78 is 14.8. The Hall–Kier alpha value is -1.19. The predicted octanol–water partition coefficient (Wildman–Crippen LogP) is 4.48. The lowest BCUT2D eigenvalue weighted by Crippen LogP contribution is -2.23. The number of rotatable bonds is 5. The van der Waals surface area contributed by atoms with Crippen LogP contribution >= 0.6 is 15.9 Å². The van der Waals surface area contributed by atoms with Gasteiger partial charge in [0.15, 0.2) is 0 Å². The van der Waals surface area contributed by atoms with Gasteiger partial charge in [-0.2, -0.15) is 0 Å². The van der Waals surface area contributed by atoms with Crippen LogP contribution in [0.1, 0.15) is 24.1 Å². The number of hydrogen-bond acceptors (Lipinski definition) is 1. The zero-order valence-corrected chi connectivity index (χ0v) is 12.5. The van der Waals surface area contributed by atoms with E-state index in [1.165, 1.54) is 6.07 Å². The van der Waals surface area contributed by atoms with Gasteiger partial charge >= 0.3 is 0 Å². The van der Waals surface area contributed by atoms with Gasteiger partial charge in [-0.3, -0.25) is 0 Å². The van der Waals surface area contributed by atoms with Gasteiger partial charge in [-0.25, -0.2) is 4.39 Å². The molecule has 0 radical (unpaired) electrons. The van der Waals surface area contributed by atoms with Crippen LogP contribution in [0, 0.1) is 5.82 Å². The molecular formula is C16H17BrFN. The summed E-state index contributed by atoms with van der Waals surface area (Å²) in [5.74, 6) is -0.141. The monoisotopic (exact) mass is 321 g/mol. The molecule has 0 fully saturated rings. The largest absolute Gasteiger partial charge is 0.310 e. The number of nitrogens with one attached hydrogen (secondary N) is 1. The Kier molecular flexibility index (Phi) is 5.11. The maximum absolute atomic E-state index is 13.8. The second-order valence-corrected chi connectivity index (χ2v) is 5.28. The molecule has 0 heterocycles. The Balaban J connectivity index is 2.27. The number of benzene rings is 2. The molecule has 0 aliphatic heterocycles. The van der Waals surface area contributed by atoms with Crippen LogP contribution < -0.4 is 5.32 Å². The van der Waals surface area contributed by atoms with Crippen molar-refractivity contribution in [2.24, 2.45) is 0 Å². The topological polar surface area (TPSA) is 12.0 Å². The molecule has 100 valence electrons. The molecule has 3 heteroatoms. The summed E-state index contributed by atoms with van der Waals surface area (Å²) in [5, 5.41) is 3.42. The first kappa shape index (κ1) is 14.2. The van der Waals surface area contributed by atoms with E-state index >= 15 is 0 Å². The molecule has 0 amide bonds. The van der Waals surface area contributed by atoms with Gasteiger partial charge in [0, 0.05) is 10.5 Å². The molecule has 1 nitrogen and oxygen atoms in total. The Morgan fingerprint density at radius 2 is 1.79 bits per heavy atom. The Morgan fingerprint density at radius 3 is 2.47 bits per heavy atom. The first-order valence-corrected chi connectivity index (χ1v) is 7.23. The Morgan fingerprint density at radius 1 is 1.11 bits per heavy atom. The lowest BCUT2D eigenvalue weighted by molar-refractivity contribution is 0.526. The van der Waals surface area contributed by atoms with E-state index in [2.05, 4.69) is 34.2 Å². The van der Waals surface area contributed by atoms with Crippen LogP contribution in [0.2, 0.25) is 0 Å². The van der Waals surface area contributed by atoms with Crippen molar-refractivity contribution in [1.82, 2.24) is 5.32 Å². The lowest BCUT2D eigenvalue weighted by atomic mass is 9.98. The highest BCUT2D eigenvalue weighted by Gasteiger charge is 2.15. The van der Waals surface area contributed by atoms with Crippen LogP contribution in [0.15, 0.2) is 53.0 Å². The van der Waals surface area contributed by atoms with E-state index in [4.69, 9.17) is 0 Å². The van der Waals surface area contributed by atoms with Gasteiger partial charge in [-0.15, -0.1) is 0 Å². The highest BCUT2D eigenvalue weighted by molar-refractivity contribution is 9.10. The fourth-order valence-electron chi connectivity index (χ4n) is 2.18. The molecule has 0 aliphatic rings. The molecule has 0 bridgehead atoms. The summed E-state index contributed by atoms with van der Waals surface area (Å²) in [5.41, 5.74) is 1.90. The van der Waals surface area contributed by atoms with E-state index in [1.807, 2.05) is 30.3 Å². The maximum atomic E-state index is 13.8. The molecule has 1 unspecified atom stereocenters. The molecular weight excluding hydrogens is 305 g/mol. The number of halogens is 2. The van der Waals surface area contributed by atoms with Gasteiger partial charge in [-0.1, -0.05) is 59.3 Å². The van der Waals surface area contributed by atoms with E-state index in [1.54, 1.807) is 6.07 Å². The molecule has 0 aromatic heterocycles. The highest BCUT2D eigenvalue weighted by atomic mass is 79.9. The van der Waals surface area contributed by atoms with E-state index in [-0.39, 0.29) is 11.9 Å². The SMILES string of the molecule is CCNC(Cc1ccccc1F)c1ccccc1Br. The van der Waals surface area contributed by atoms with Crippen molar-refractivity contribution in [2.75, 3.05) is 6.54 Å². The number of likely N-dealkylation sites (N-methyl/N-ethyl adjacent to an activating group) is 1. The van der Waals surface area contributed by atoms with Crippen LogP contribution in [-0.4, -0.2) is 6.54 Å². The van der Waals surface area contributed by atoms with Crippen molar-refractivity contribution in [2.45, 2.75) is 19.4 Å². The third-order valence-corrected chi connectivity index (χ3v) is 3.84. The van der Waals surface area contributed by atoms with Crippen LogP contribution in [0.3, 0.4) is 0 Å². The summed E-state index contributed by atoms with van der Waals surface area (Å²) in [6.07, 6.45) is 0.642. The lowest BCUT2D eigenvalue weighted by Gasteiger charge is -2.20. The van der Waals surface area contributed by atoms with Crippen molar-refractivity contribution in [1.29, 1.82) is 0 Å². The fraction of sp³-hybridized carbons (Fsp3) is 0.250. The second kappa shape index (κ2) is 6.83. The summed E-state index contributed by atoms with van der Waals surface area (Å²) in [7, 11) is 0. The Bertz CT molecular complexity index is 542. The van der Waals surface area contributed by atoms with Gasteiger partial charge in [0.2, 0.25) is 0 Å². The zero-order chi connectivity index (χ0) is 13.7. The van der Waals surface area contributed by atoms with Crippen molar-refractivity contribution < 1.29 is 4.39 Å². The molecule has 2 aromatic carbocycles. The van der Waals surface area contributed by atoms with Crippen LogP contribution in [-0.2, 0) is 6.42 Å². The van der Waals surface area contributed by atoms with Gasteiger partial charge < -0.3 is 5.32 Å². The molecule has 2 rings (SSSR count). The van der Waals surface area contributed by atoms with Gasteiger partial charge in [-0.05, 0) is 36.2 Å². The molecule has 0 spiro atoms. The standard InChI is InChI=1S/C16H17BrFN/c1-2-19-16(13-8-4-5-9-14(13)17)11-12-7-3-6-10-15(12)18/h3-10,16,19H,2,11H2,1H3. The summed E-state index contributed by atoms with van der Waals surface area (Å²) >= 11 is 3.57. The Labute approximate surface area is 122 Å². The van der Waals surface area contributed by atoms with E-state index < -0.39 is 0 Å². The number of hydrogen-bond donors (Lipinski definition) is 1. The fourth-order valence-corrected chi connectivity index (χ4v) is 2.74. The van der Waals surface area contributed by atoms with Crippen molar-refractivity contribution in [3.63, 3.8) is 0 Å². The molecule has 1 atom stereocenters. The zero-order valence-electron chi connectivity index (χ0n) is 10.9. The van der Waals surface area contributed by atoms with Crippen LogP contribution in [0.5, 0.6) is 0 Å². The summed E-state index contributed by atoms with van der Waals surface area (Å²) in [6, 6.07) is 15.1. The van der Waals surface area contributed by atoms with E-state index in [0.29, 0.717) is 6.42 Å². The van der Waals surface area contributed by atoms with Crippen molar-refractivity contribution in [3.8, 4) is 0 Å². The smallest absolute Gasteiger partial charge is 0.126 e. The van der Waals surface area contributed by atoms with E-state index in [9.17, 15) is 4.39 Å². The average Bonchev–Trinajstić information content (AvgIpc) is 2.41. The minimum absolute atomic E-state index is 0.109. The first-order valence-electron chi connectivity index (χ1n) is 6.43. The van der Waals surface area contributed by atoms with E-state index in [0.717, 1.165) is 22.1 Å². The third kappa shape index (κ3) is 3.64. The minimum Gasteiger partial charge on any atom is -0.310 e. The molecule has 19 heavy (non-hydrogen) atoms. The van der Waals surface area contributed by atoms with Crippen molar-refractivity contribution >= 4 is 15.9 Å². The van der Waals surface area contributed by atoms with Crippen LogP contribution in [0.25, 0.3) is 0 Å². The summed E-state index contributed by atoms with van der Waals surface area (Å²) in [6.45, 7) is 2.91. The summed E-state index contributed by atoms with van der Waals surface area (Å²) in [4.78, 5) is 0. The quantitative estimate of drug-likeness (QED) is 0.856.